The van der Waals surface area contributed by atoms with E-state index < -0.39 is 0 Å². The standard InChI is InChI=1S/C11H16ClN3O/c1-2-13-6-3-7-14-11(16)10-5-4-9(12)8-15-10/h4-5,8,13H,2-3,6-7H2,1H3,(H,14,16). The lowest BCUT2D eigenvalue weighted by molar-refractivity contribution is 0.0948. The Labute approximate surface area is 100 Å². The predicted molar refractivity (Wildman–Crippen MR) is 64.7 cm³/mol. The van der Waals surface area contributed by atoms with Gasteiger partial charge in [0.25, 0.3) is 5.91 Å². The van der Waals surface area contributed by atoms with Crippen LogP contribution in [0.25, 0.3) is 0 Å². The molecule has 1 rings (SSSR count). The van der Waals surface area contributed by atoms with Crippen molar-refractivity contribution in [2.24, 2.45) is 0 Å². The van der Waals surface area contributed by atoms with E-state index in [1.54, 1.807) is 12.1 Å². The molecule has 0 aliphatic rings. The maximum atomic E-state index is 11.6. The first-order valence-electron chi connectivity index (χ1n) is 5.34. The maximum Gasteiger partial charge on any atom is 0.269 e. The predicted octanol–water partition coefficient (Wildman–Crippen LogP) is 1.46. The molecule has 0 radical (unpaired) electrons. The summed E-state index contributed by atoms with van der Waals surface area (Å²) in [4.78, 5) is 15.5. The highest BCUT2D eigenvalue weighted by atomic mass is 35.5. The average molecular weight is 242 g/mol. The van der Waals surface area contributed by atoms with Crippen molar-refractivity contribution in [2.45, 2.75) is 13.3 Å². The first kappa shape index (κ1) is 12.9. The molecular formula is C11H16ClN3O. The minimum absolute atomic E-state index is 0.159. The number of nitrogens with zero attached hydrogens (tertiary/aromatic N) is 1. The molecule has 1 amide bonds. The second-order valence-electron chi connectivity index (χ2n) is 3.32. The zero-order valence-electron chi connectivity index (χ0n) is 9.29. The molecular weight excluding hydrogens is 226 g/mol. The fraction of sp³-hybridized carbons (Fsp3) is 0.455. The van der Waals surface area contributed by atoms with Crippen molar-refractivity contribution in [1.82, 2.24) is 15.6 Å². The van der Waals surface area contributed by atoms with Gasteiger partial charge < -0.3 is 10.6 Å². The summed E-state index contributed by atoms with van der Waals surface area (Å²) in [6, 6.07) is 3.27. The van der Waals surface area contributed by atoms with Gasteiger partial charge in [0.15, 0.2) is 0 Å². The quantitative estimate of drug-likeness (QED) is 0.742. The van der Waals surface area contributed by atoms with Crippen molar-refractivity contribution in [3.8, 4) is 0 Å². The summed E-state index contributed by atoms with van der Waals surface area (Å²) in [6.45, 7) is 4.56. The van der Waals surface area contributed by atoms with E-state index in [0.717, 1.165) is 19.5 Å². The van der Waals surface area contributed by atoms with Crippen LogP contribution in [0.4, 0.5) is 0 Å². The number of rotatable bonds is 6. The molecule has 5 heteroatoms. The molecule has 0 aliphatic heterocycles. The molecule has 0 aliphatic carbocycles. The summed E-state index contributed by atoms with van der Waals surface area (Å²) in [5.41, 5.74) is 0.396. The van der Waals surface area contributed by atoms with Crippen LogP contribution in [0, 0.1) is 0 Å². The van der Waals surface area contributed by atoms with Crippen molar-refractivity contribution in [3.05, 3.63) is 29.0 Å². The fourth-order valence-electron chi connectivity index (χ4n) is 1.19. The molecule has 2 N–H and O–H groups in total. The van der Waals surface area contributed by atoms with Crippen molar-refractivity contribution < 1.29 is 4.79 Å². The zero-order valence-corrected chi connectivity index (χ0v) is 10.0. The Balaban J connectivity index is 2.27. The summed E-state index contributed by atoms with van der Waals surface area (Å²) < 4.78 is 0. The van der Waals surface area contributed by atoms with Gasteiger partial charge in [0, 0.05) is 12.7 Å². The molecule has 0 saturated carbocycles. The van der Waals surface area contributed by atoms with Crippen LogP contribution in [0.3, 0.4) is 0 Å². The third-order valence-electron chi connectivity index (χ3n) is 2.03. The van der Waals surface area contributed by atoms with Gasteiger partial charge in [-0.1, -0.05) is 18.5 Å². The van der Waals surface area contributed by atoms with Crippen molar-refractivity contribution in [1.29, 1.82) is 0 Å². The highest BCUT2D eigenvalue weighted by Crippen LogP contribution is 2.05. The van der Waals surface area contributed by atoms with Gasteiger partial charge >= 0.3 is 0 Å². The second kappa shape index (κ2) is 7.19. The monoisotopic (exact) mass is 241 g/mol. The summed E-state index contributed by atoms with van der Waals surface area (Å²) in [7, 11) is 0. The number of amides is 1. The van der Waals surface area contributed by atoms with Gasteiger partial charge in [0.05, 0.1) is 5.02 Å². The van der Waals surface area contributed by atoms with Crippen molar-refractivity contribution in [2.75, 3.05) is 19.6 Å². The fourth-order valence-corrected chi connectivity index (χ4v) is 1.30. The largest absolute Gasteiger partial charge is 0.351 e. The smallest absolute Gasteiger partial charge is 0.269 e. The lowest BCUT2D eigenvalue weighted by Gasteiger charge is -2.04. The SMILES string of the molecule is CCNCCCNC(=O)c1ccc(Cl)cn1. The molecule has 16 heavy (non-hydrogen) atoms. The molecule has 0 atom stereocenters. The Morgan fingerprint density at radius 1 is 1.44 bits per heavy atom. The minimum atomic E-state index is -0.159. The van der Waals surface area contributed by atoms with Crippen LogP contribution in [0.5, 0.6) is 0 Å². The maximum absolute atomic E-state index is 11.6. The number of hydrogen-bond donors (Lipinski definition) is 2. The van der Waals surface area contributed by atoms with Crippen LogP contribution in [-0.2, 0) is 0 Å². The van der Waals surface area contributed by atoms with E-state index in [1.807, 2.05) is 0 Å². The van der Waals surface area contributed by atoms with Gasteiger partial charge in [0.2, 0.25) is 0 Å². The van der Waals surface area contributed by atoms with Gasteiger partial charge in [-0.2, -0.15) is 0 Å². The van der Waals surface area contributed by atoms with Gasteiger partial charge in [-0.05, 0) is 31.6 Å². The number of hydrogen-bond acceptors (Lipinski definition) is 3. The van der Waals surface area contributed by atoms with Crippen LogP contribution in [0.2, 0.25) is 5.02 Å². The number of carbonyl (C=O) groups excluding carboxylic acids is 1. The van der Waals surface area contributed by atoms with Gasteiger partial charge in [-0.25, -0.2) is 4.98 Å². The Bertz CT molecular complexity index is 327. The first-order chi connectivity index (χ1) is 7.74. The summed E-state index contributed by atoms with van der Waals surface area (Å²) in [5.74, 6) is -0.159. The molecule has 0 bridgehead atoms. The highest BCUT2D eigenvalue weighted by Gasteiger charge is 2.05. The second-order valence-corrected chi connectivity index (χ2v) is 3.76. The number of pyridine rings is 1. The molecule has 1 heterocycles. The van der Waals surface area contributed by atoms with E-state index in [4.69, 9.17) is 11.6 Å². The lowest BCUT2D eigenvalue weighted by Crippen LogP contribution is -2.27. The third-order valence-corrected chi connectivity index (χ3v) is 2.25. The number of halogens is 1. The Kier molecular flexibility index (Phi) is 5.82. The van der Waals surface area contributed by atoms with E-state index in [2.05, 4.69) is 22.5 Å². The first-order valence-corrected chi connectivity index (χ1v) is 5.72. The number of carbonyl (C=O) groups is 1. The number of aromatic nitrogens is 1. The van der Waals surface area contributed by atoms with Crippen molar-refractivity contribution >= 4 is 17.5 Å². The average Bonchev–Trinajstić information content (AvgIpc) is 2.29. The molecule has 0 spiro atoms. The van der Waals surface area contributed by atoms with Crippen LogP contribution in [-0.4, -0.2) is 30.5 Å². The molecule has 0 fully saturated rings. The van der Waals surface area contributed by atoms with E-state index in [0.29, 0.717) is 17.3 Å². The summed E-state index contributed by atoms with van der Waals surface area (Å²) >= 11 is 5.68. The summed E-state index contributed by atoms with van der Waals surface area (Å²) in [6.07, 6.45) is 2.38. The molecule has 88 valence electrons. The Hall–Kier alpha value is -1.13. The van der Waals surface area contributed by atoms with Crippen LogP contribution >= 0.6 is 11.6 Å². The van der Waals surface area contributed by atoms with E-state index >= 15 is 0 Å². The summed E-state index contributed by atoms with van der Waals surface area (Å²) in [5, 5.41) is 6.51. The van der Waals surface area contributed by atoms with Gasteiger partial charge in [-0.3, -0.25) is 4.79 Å². The molecule has 0 unspecified atom stereocenters. The molecule has 0 saturated heterocycles. The highest BCUT2D eigenvalue weighted by molar-refractivity contribution is 6.30. The topological polar surface area (TPSA) is 54.0 Å². The number of nitrogens with one attached hydrogen (secondary N) is 2. The third kappa shape index (κ3) is 4.59. The van der Waals surface area contributed by atoms with Gasteiger partial charge in [0.1, 0.15) is 5.69 Å². The van der Waals surface area contributed by atoms with Crippen LogP contribution in [0.15, 0.2) is 18.3 Å². The molecule has 1 aromatic heterocycles. The Morgan fingerprint density at radius 2 is 2.25 bits per heavy atom. The molecule has 4 nitrogen and oxygen atoms in total. The Morgan fingerprint density at radius 3 is 2.88 bits per heavy atom. The minimum Gasteiger partial charge on any atom is -0.351 e. The van der Waals surface area contributed by atoms with Crippen molar-refractivity contribution in [3.63, 3.8) is 0 Å². The normalized spacial score (nSPS) is 10.1. The van der Waals surface area contributed by atoms with Gasteiger partial charge in [-0.15, -0.1) is 0 Å². The van der Waals surface area contributed by atoms with E-state index in [9.17, 15) is 4.79 Å². The van der Waals surface area contributed by atoms with E-state index in [-0.39, 0.29) is 5.91 Å². The lowest BCUT2D eigenvalue weighted by atomic mass is 10.3. The molecule has 1 aromatic rings. The van der Waals surface area contributed by atoms with Crippen LogP contribution < -0.4 is 10.6 Å². The zero-order chi connectivity index (χ0) is 11.8. The van der Waals surface area contributed by atoms with Crippen LogP contribution in [0.1, 0.15) is 23.8 Å². The molecule has 0 aromatic carbocycles. The van der Waals surface area contributed by atoms with E-state index in [1.165, 1.54) is 6.20 Å².